The molecule has 0 saturated carbocycles. The first kappa shape index (κ1) is 15.5. The molecule has 0 aromatic heterocycles. The van der Waals surface area contributed by atoms with E-state index in [-0.39, 0.29) is 0 Å². The lowest BCUT2D eigenvalue weighted by Crippen LogP contribution is -2.42. The Morgan fingerprint density at radius 2 is 1.91 bits per heavy atom. The number of benzene rings is 1. The second kappa shape index (κ2) is 7.28. The molecule has 1 aromatic rings. The summed E-state index contributed by atoms with van der Waals surface area (Å²) >= 11 is 0. The number of hydrogen-bond donors (Lipinski definition) is 1. The molecule has 1 aromatic carbocycles. The highest BCUT2D eigenvalue weighted by molar-refractivity contribution is 5.77. The van der Waals surface area contributed by atoms with Crippen molar-refractivity contribution in [2.45, 2.75) is 64.0 Å². The zero-order chi connectivity index (χ0) is 15.4. The average Bonchev–Trinajstić information content (AvgIpc) is 2.78. The molecule has 120 valence electrons. The molecule has 3 heteroatoms. The molecule has 0 radical (unpaired) electrons. The van der Waals surface area contributed by atoms with Crippen LogP contribution in [0.1, 0.15) is 49.7 Å². The first-order valence-electron chi connectivity index (χ1n) is 8.81. The molecule has 2 saturated heterocycles. The zero-order valence-corrected chi connectivity index (χ0v) is 13.7. The number of nitrogens with zero attached hydrogens (tertiary/aromatic N) is 1. The minimum Gasteiger partial charge on any atom is -0.335 e. The number of rotatable bonds is 5. The summed E-state index contributed by atoms with van der Waals surface area (Å²) in [5.74, 6) is 0.389. The van der Waals surface area contributed by atoms with E-state index >= 15 is 0 Å². The molecule has 1 amide bonds. The molecule has 3 rings (SSSR count). The van der Waals surface area contributed by atoms with Crippen LogP contribution in [0.25, 0.3) is 0 Å². The summed E-state index contributed by atoms with van der Waals surface area (Å²) < 4.78 is 0. The molecule has 2 aliphatic rings. The van der Waals surface area contributed by atoms with Gasteiger partial charge in [0.1, 0.15) is 0 Å². The van der Waals surface area contributed by atoms with Gasteiger partial charge in [0.05, 0.1) is 0 Å². The molecule has 0 spiro atoms. The summed E-state index contributed by atoms with van der Waals surface area (Å²) in [4.78, 5) is 14.8. The molecular weight excluding hydrogens is 272 g/mol. The van der Waals surface area contributed by atoms with Crippen LogP contribution in [0.2, 0.25) is 0 Å². The largest absolute Gasteiger partial charge is 0.335 e. The minimum atomic E-state index is 0.389. The van der Waals surface area contributed by atoms with Gasteiger partial charge in [-0.1, -0.05) is 29.8 Å². The van der Waals surface area contributed by atoms with E-state index in [2.05, 4.69) is 41.4 Å². The summed E-state index contributed by atoms with van der Waals surface area (Å²) in [5.41, 5.74) is 2.70. The standard InChI is InChI=1S/C19H28N2O/c1-15-6-8-16(9-7-15)4-2-3-5-19(22)21-17-10-11-18(21)14-20-13-12-17/h6-9,17-18,20H,2-5,10-14H2,1H3. The lowest BCUT2D eigenvalue weighted by Gasteiger charge is -2.28. The summed E-state index contributed by atoms with van der Waals surface area (Å²) in [5, 5.41) is 3.46. The molecule has 3 nitrogen and oxygen atoms in total. The predicted molar refractivity (Wildman–Crippen MR) is 89.9 cm³/mol. The van der Waals surface area contributed by atoms with E-state index in [4.69, 9.17) is 0 Å². The molecular formula is C19H28N2O. The van der Waals surface area contributed by atoms with Crippen LogP contribution in [0, 0.1) is 6.92 Å². The van der Waals surface area contributed by atoms with Gasteiger partial charge in [-0.05, 0) is 57.6 Å². The Labute approximate surface area is 134 Å². The van der Waals surface area contributed by atoms with Gasteiger partial charge in [0.2, 0.25) is 5.91 Å². The Hall–Kier alpha value is -1.35. The third kappa shape index (κ3) is 3.70. The van der Waals surface area contributed by atoms with E-state index in [9.17, 15) is 4.79 Å². The highest BCUT2D eigenvalue weighted by Crippen LogP contribution is 2.28. The van der Waals surface area contributed by atoms with Gasteiger partial charge in [-0.2, -0.15) is 0 Å². The normalized spacial score (nSPS) is 24.3. The Balaban J connectivity index is 1.43. The number of hydrogen-bond acceptors (Lipinski definition) is 2. The molecule has 1 N–H and O–H groups in total. The van der Waals surface area contributed by atoms with Gasteiger partial charge < -0.3 is 10.2 Å². The smallest absolute Gasteiger partial charge is 0.223 e. The minimum absolute atomic E-state index is 0.389. The summed E-state index contributed by atoms with van der Waals surface area (Å²) in [6.45, 7) is 4.18. The Morgan fingerprint density at radius 3 is 2.73 bits per heavy atom. The number of aryl methyl sites for hydroxylation is 2. The van der Waals surface area contributed by atoms with Gasteiger partial charge in [0, 0.05) is 25.0 Å². The second-order valence-electron chi connectivity index (χ2n) is 6.87. The maximum Gasteiger partial charge on any atom is 0.223 e. The molecule has 2 unspecified atom stereocenters. The number of fused-ring (bicyclic) bond motifs is 2. The highest BCUT2D eigenvalue weighted by Gasteiger charge is 2.37. The fraction of sp³-hybridized carbons (Fsp3) is 0.632. The van der Waals surface area contributed by atoms with Crippen molar-refractivity contribution in [3.63, 3.8) is 0 Å². The highest BCUT2D eigenvalue weighted by atomic mass is 16.2. The van der Waals surface area contributed by atoms with Crippen LogP contribution in [0.5, 0.6) is 0 Å². The molecule has 2 aliphatic heterocycles. The van der Waals surface area contributed by atoms with Crippen molar-refractivity contribution < 1.29 is 4.79 Å². The van der Waals surface area contributed by atoms with E-state index in [1.54, 1.807) is 0 Å². The van der Waals surface area contributed by atoms with Crippen molar-refractivity contribution in [1.82, 2.24) is 10.2 Å². The Bertz CT molecular complexity index is 483. The van der Waals surface area contributed by atoms with Gasteiger partial charge >= 0.3 is 0 Å². The fourth-order valence-corrected chi connectivity index (χ4v) is 3.88. The van der Waals surface area contributed by atoms with Crippen LogP contribution in [-0.4, -0.2) is 36.0 Å². The van der Waals surface area contributed by atoms with Gasteiger partial charge in [-0.3, -0.25) is 4.79 Å². The van der Waals surface area contributed by atoms with Gasteiger partial charge in [0.25, 0.3) is 0 Å². The summed E-state index contributed by atoms with van der Waals surface area (Å²) in [7, 11) is 0. The van der Waals surface area contributed by atoms with E-state index in [0.717, 1.165) is 45.2 Å². The van der Waals surface area contributed by atoms with Crippen LogP contribution in [0.15, 0.2) is 24.3 Å². The van der Waals surface area contributed by atoms with E-state index in [1.165, 1.54) is 24.0 Å². The topological polar surface area (TPSA) is 32.3 Å². The van der Waals surface area contributed by atoms with E-state index < -0.39 is 0 Å². The van der Waals surface area contributed by atoms with Crippen molar-refractivity contribution in [2.24, 2.45) is 0 Å². The van der Waals surface area contributed by atoms with Crippen molar-refractivity contribution in [3.8, 4) is 0 Å². The van der Waals surface area contributed by atoms with Crippen LogP contribution < -0.4 is 5.32 Å². The van der Waals surface area contributed by atoms with Crippen molar-refractivity contribution in [3.05, 3.63) is 35.4 Å². The fourth-order valence-electron chi connectivity index (χ4n) is 3.88. The molecule has 2 atom stereocenters. The first-order chi connectivity index (χ1) is 10.7. The SMILES string of the molecule is Cc1ccc(CCCCC(=O)N2C3CCNCC2CC3)cc1. The van der Waals surface area contributed by atoms with Gasteiger partial charge in [-0.25, -0.2) is 0 Å². The number of unbranched alkanes of at least 4 members (excludes halogenated alkanes) is 1. The Kier molecular flexibility index (Phi) is 5.14. The summed E-state index contributed by atoms with van der Waals surface area (Å²) in [6.07, 6.45) is 7.45. The number of nitrogens with one attached hydrogen (secondary N) is 1. The zero-order valence-electron chi connectivity index (χ0n) is 13.7. The maximum atomic E-state index is 12.6. The van der Waals surface area contributed by atoms with Crippen LogP contribution in [-0.2, 0) is 11.2 Å². The molecule has 2 bridgehead atoms. The average molecular weight is 300 g/mol. The van der Waals surface area contributed by atoms with Crippen LogP contribution >= 0.6 is 0 Å². The van der Waals surface area contributed by atoms with Crippen molar-refractivity contribution >= 4 is 5.91 Å². The van der Waals surface area contributed by atoms with Crippen LogP contribution in [0.4, 0.5) is 0 Å². The Morgan fingerprint density at radius 1 is 1.14 bits per heavy atom. The molecule has 2 heterocycles. The first-order valence-corrected chi connectivity index (χ1v) is 8.81. The van der Waals surface area contributed by atoms with E-state index in [1.807, 2.05) is 0 Å². The summed E-state index contributed by atoms with van der Waals surface area (Å²) in [6, 6.07) is 9.71. The number of amides is 1. The van der Waals surface area contributed by atoms with Gasteiger partial charge in [-0.15, -0.1) is 0 Å². The predicted octanol–water partition coefficient (Wildman–Crippen LogP) is 3.06. The number of carbonyl (C=O) groups is 1. The van der Waals surface area contributed by atoms with Crippen molar-refractivity contribution in [1.29, 1.82) is 0 Å². The van der Waals surface area contributed by atoms with Crippen LogP contribution in [0.3, 0.4) is 0 Å². The maximum absolute atomic E-state index is 12.6. The monoisotopic (exact) mass is 300 g/mol. The molecule has 2 fully saturated rings. The lowest BCUT2D eigenvalue weighted by molar-refractivity contribution is -0.133. The quantitative estimate of drug-likeness (QED) is 0.848. The second-order valence-corrected chi connectivity index (χ2v) is 6.87. The molecule has 0 aliphatic carbocycles. The van der Waals surface area contributed by atoms with Gasteiger partial charge in [0.15, 0.2) is 0 Å². The van der Waals surface area contributed by atoms with Crippen molar-refractivity contribution in [2.75, 3.05) is 13.1 Å². The van der Waals surface area contributed by atoms with E-state index in [0.29, 0.717) is 18.0 Å². The number of carbonyl (C=O) groups excluding carboxylic acids is 1. The third-order valence-corrected chi connectivity index (χ3v) is 5.17. The third-order valence-electron chi connectivity index (χ3n) is 5.17. The lowest BCUT2D eigenvalue weighted by atomic mass is 10.0. The molecule has 22 heavy (non-hydrogen) atoms.